The second-order valence-corrected chi connectivity index (χ2v) is 6.29. The molecule has 5 heteroatoms. The van der Waals surface area contributed by atoms with Gasteiger partial charge in [0.1, 0.15) is 0 Å². The highest BCUT2D eigenvalue weighted by atomic mass is 32.1. The molecular weight excluding hydrogens is 282 g/mol. The molecule has 1 aliphatic heterocycles. The maximum Gasteiger partial charge on any atom is 0.261 e. The van der Waals surface area contributed by atoms with Gasteiger partial charge in [-0.1, -0.05) is 6.07 Å². The summed E-state index contributed by atoms with van der Waals surface area (Å²) in [7, 11) is 0. The molecule has 1 aliphatic rings. The monoisotopic (exact) mass is 301 g/mol. The molecule has 1 saturated heterocycles. The van der Waals surface area contributed by atoms with Crippen LogP contribution in [0.1, 0.15) is 22.5 Å². The van der Waals surface area contributed by atoms with E-state index in [9.17, 15) is 4.79 Å². The minimum Gasteiger partial charge on any atom is -0.371 e. The normalized spacial score (nSPS) is 18.5. The molecule has 0 aliphatic carbocycles. The number of carbonyl (C=O) groups excluding carboxylic acids is 1. The van der Waals surface area contributed by atoms with Gasteiger partial charge < -0.3 is 10.2 Å². The highest BCUT2D eigenvalue weighted by molar-refractivity contribution is 7.12. The predicted octanol–water partition coefficient (Wildman–Crippen LogP) is 2.79. The van der Waals surface area contributed by atoms with Crippen molar-refractivity contribution in [3.05, 3.63) is 46.9 Å². The summed E-state index contributed by atoms with van der Waals surface area (Å²) in [6.45, 7) is 2.83. The van der Waals surface area contributed by atoms with Gasteiger partial charge in [-0.3, -0.25) is 9.78 Å². The molecule has 110 valence electrons. The molecule has 3 heterocycles. The number of carbonyl (C=O) groups is 1. The molecule has 1 N–H and O–H groups in total. The Balaban J connectivity index is 1.53. The first-order valence-electron chi connectivity index (χ1n) is 7.29. The lowest BCUT2D eigenvalue weighted by atomic mass is 9.97. The van der Waals surface area contributed by atoms with Gasteiger partial charge in [0, 0.05) is 37.7 Å². The second-order valence-electron chi connectivity index (χ2n) is 5.35. The van der Waals surface area contributed by atoms with Gasteiger partial charge in [-0.05, 0) is 42.3 Å². The number of anilines is 1. The molecule has 2 aromatic rings. The average molecular weight is 301 g/mol. The van der Waals surface area contributed by atoms with E-state index in [1.807, 2.05) is 42.0 Å². The average Bonchev–Trinajstić information content (AvgIpc) is 3.08. The summed E-state index contributed by atoms with van der Waals surface area (Å²) in [6.07, 6.45) is 6.00. The second kappa shape index (κ2) is 6.72. The van der Waals surface area contributed by atoms with Crippen LogP contribution in [0.5, 0.6) is 0 Å². The van der Waals surface area contributed by atoms with Crippen molar-refractivity contribution in [1.82, 2.24) is 10.3 Å². The standard InChI is InChI=1S/C16H19N3OS/c20-16(15-4-2-10-21-15)18-11-13-3-1-9-19(12-13)14-5-7-17-8-6-14/h2,4-8,10,13H,1,3,9,11-12H2,(H,18,20). The molecule has 2 aromatic heterocycles. The van der Waals surface area contributed by atoms with E-state index in [-0.39, 0.29) is 5.91 Å². The van der Waals surface area contributed by atoms with Crippen molar-refractivity contribution >= 4 is 22.9 Å². The van der Waals surface area contributed by atoms with Crippen molar-refractivity contribution in [2.24, 2.45) is 5.92 Å². The van der Waals surface area contributed by atoms with E-state index >= 15 is 0 Å². The van der Waals surface area contributed by atoms with Gasteiger partial charge in [-0.25, -0.2) is 0 Å². The zero-order chi connectivity index (χ0) is 14.5. The first-order valence-corrected chi connectivity index (χ1v) is 8.17. The molecule has 0 aromatic carbocycles. The lowest BCUT2D eigenvalue weighted by molar-refractivity contribution is 0.0949. The largest absolute Gasteiger partial charge is 0.371 e. The third kappa shape index (κ3) is 3.61. The maximum atomic E-state index is 12.0. The predicted molar refractivity (Wildman–Crippen MR) is 85.8 cm³/mol. The molecule has 1 unspecified atom stereocenters. The van der Waals surface area contributed by atoms with Crippen molar-refractivity contribution in [3.8, 4) is 0 Å². The van der Waals surface area contributed by atoms with E-state index in [0.29, 0.717) is 5.92 Å². The van der Waals surface area contributed by atoms with E-state index in [4.69, 9.17) is 0 Å². The number of pyridine rings is 1. The van der Waals surface area contributed by atoms with Crippen LogP contribution in [0.4, 0.5) is 5.69 Å². The fourth-order valence-electron chi connectivity index (χ4n) is 2.75. The van der Waals surface area contributed by atoms with Gasteiger partial charge in [0.15, 0.2) is 0 Å². The van der Waals surface area contributed by atoms with E-state index in [1.165, 1.54) is 29.9 Å². The van der Waals surface area contributed by atoms with E-state index in [2.05, 4.69) is 15.2 Å². The molecule has 0 spiro atoms. The minimum atomic E-state index is 0.0473. The van der Waals surface area contributed by atoms with Crippen molar-refractivity contribution in [2.75, 3.05) is 24.5 Å². The summed E-state index contributed by atoms with van der Waals surface area (Å²) >= 11 is 1.49. The Morgan fingerprint density at radius 1 is 1.38 bits per heavy atom. The van der Waals surface area contributed by atoms with Crippen LogP contribution >= 0.6 is 11.3 Å². The Labute approximate surface area is 128 Å². The number of hydrogen-bond acceptors (Lipinski definition) is 4. The van der Waals surface area contributed by atoms with E-state index in [1.54, 1.807) is 0 Å². The summed E-state index contributed by atoms with van der Waals surface area (Å²) in [5, 5.41) is 4.99. The lowest BCUT2D eigenvalue weighted by Gasteiger charge is -2.34. The molecule has 0 bridgehead atoms. The van der Waals surface area contributed by atoms with Crippen molar-refractivity contribution < 1.29 is 4.79 Å². The summed E-state index contributed by atoms with van der Waals surface area (Å²) in [5.41, 5.74) is 1.22. The van der Waals surface area contributed by atoms with Gasteiger partial charge in [-0.15, -0.1) is 11.3 Å². The summed E-state index contributed by atoms with van der Waals surface area (Å²) in [4.78, 5) is 19.2. The number of piperidine rings is 1. The first kappa shape index (κ1) is 14.1. The van der Waals surface area contributed by atoms with Crippen LogP contribution in [0.25, 0.3) is 0 Å². The summed E-state index contributed by atoms with van der Waals surface area (Å²) in [6, 6.07) is 7.87. The Morgan fingerprint density at radius 3 is 3.00 bits per heavy atom. The molecule has 3 rings (SSSR count). The Hall–Kier alpha value is -1.88. The lowest BCUT2D eigenvalue weighted by Crippen LogP contribution is -2.40. The Bertz CT molecular complexity index is 570. The molecule has 1 atom stereocenters. The summed E-state index contributed by atoms with van der Waals surface area (Å²) < 4.78 is 0. The van der Waals surface area contributed by atoms with E-state index in [0.717, 1.165) is 24.5 Å². The number of nitrogens with one attached hydrogen (secondary N) is 1. The molecule has 1 amide bonds. The molecule has 4 nitrogen and oxygen atoms in total. The molecule has 0 saturated carbocycles. The van der Waals surface area contributed by atoms with Gasteiger partial charge in [-0.2, -0.15) is 0 Å². The molecule has 1 fully saturated rings. The highest BCUT2D eigenvalue weighted by Crippen LogP contribution is 2.22. The smallest absolute Gasteiger partial charge is 0.261 e. The number of nitrogens with zero attached hydrogens (tertiary/aromatic N) is 2. The van der Waals surface area contributed by atoms with Gasteiger partial charge in [0.2, 0.25) is 0 Å². The van der Waals surface area contributed by atoms with Crippen molar-refractivity contribution in [2.45, 2.75) is 12.8 Å². The molecule has 0 radical (unpaired) electrons. The fourth-order valence-corrected chi connectivity index (χ4v) is 3.39. The van der Waals surface area contributed by atoms with Crippen LogP contribution in [0.2, 0.25) is 0 Å². The third-order valence-corrected chi connectivity index (χ3v) is 4.71. The maximum absolute atomic E-state index is 12.0. The van der Waals surface area contributed by atoms with Crippen LogP contribution in [0, 0.1) is 5.92 Å². The zero-order valence-electron chi connectivity index (χ0n) is 11.9. The Kier molecular flexibility index (Phi) is 4.50. The van der Waals surface area contributed by atoms with E-state index < -0.39 is 0 Å². The third-order valence-electron chi connectivity index (χ3n) is 3.84. The summed E-state index contributed by atoms with van der Waals surface area (Å²) in [5.74, 6) is 0.557. The number of thiophene rings is 1. The van der Waals surface area contributed by atoms with Gasteiger partial charge >= 0.3 is 0 Å². The van der Waals surface area contributed by atoms with Crippen molar-refractivity contribution in [1.29, 1.82) is 0 Å². The fraction of sp³-hybridized carbons (Fsp3) is 0.375. The van der Waals surface area contributed by atoms with Crippen molar-refractivity contribution in [3.63, 3.8) is 0 Å². The zero-order valence-corrected chi connectivity index (χ0v) is 12.7. The highest BCUT2D eigenvalue weighted by Gasteiger charge is 2.20. The molecule has 21 heavy (non-hydrogen) atoms. The van der Waals surface area contributed by atoms with Crippen LogP contribution in [-0.4, -0.2) is 30.5 Å². The molecular formula is C16H19N3OS. The minimum absolute atomic E-state index is 0.0473. The first-order chi connectivity index (χ1) is 10.3. The van der Waals surface area contributed by atoms with Crippen LogP contribution in [0.15, 0.2) is 42.0 Å². The SMILES string of the molecule is O=C(NCC1CCCN(c2ccncc2)C1)c1cccs1. The quantitative estimate of drug-likeness (QED) is 0.944. The number of rotatable bonds is 4. The van der Waals surface area contributed by atoms with Crippen LogP contribution in [-0.2, 0) is 0 Å². The Morgan fingerprint density at radius 2 is 2.24 bits per heavy atom. The van der Waals surface area contributed by atoms with Gasteiger partial charge in [0.05, 0.1) is 4.88 Å². The van der Waals surface area contributed by atoms with Crippen LogP contribution < -0.4 is 10.2 Å². The number of hydrogen-bond donors (Lipinski definition) is 1. The topological polar surface area (TPSA) is 45.2 Å². The number of amides is 1. The van der Waals surface area contributed by atoms with Crippen LogP contribution in [0.3, 0.4) is 0 Å². The number of aromatic nitrogens is 1. The van der Waals surface area contributed by atoms with Gasteiger partial charge in [0.25, 0.3) is 5.91 Å².